The van der Waals surface area contributed by atoms with Gasteiger partial charge in [-0.2, -0.15) is 0 Å². The summed E-state index contributed by atoms with van der Waals surface area (Å²) in [5.74, 6) is -2.74. The second-order valence-electron chi connectivity index (χ2n) is 4.57. The molecule has 3 rings (SSSR count). The molecule has 0 spiro atoms. The molecule has 0 aliphatic carbocycles. The Morgan fingerprint density at radius 2 is 1.76 bits per heavy atom. The van der Waals surface area contributed by atoms with E-state index in [9.17, 15) is 19.1 Å². The molecule has 1 amide bonds. The van der Waals surface area contributed by atoms with Crippen LogP contribution in [0.5, 0.6) is 0 Å². The van der Waals surface area contributed by atoms with Gasteiger partial charge in [0.25, 0.3) is 5.91 Å². The first kappa shape index (κ1) is 13.1. The predicted molar refractivity (Wildman–Crippen MR) is 75.6 cm³/mol. The van der Waals surface area contributed by atoms with Crippen molar-refractivity contribution in [1.82, 2.24) is 0 Å². The van der Waals surface area contributed by atoms with Crippen LogP contribution < -0.4 is 4.90 Å². The van der Waals surface area contributed by atoms with Crippen molar-refractivity contribution in [2.45, 2.75) is 0 Å². The first-order valence-corrected chi connectivity index (χ1v) is 6.17. The Kier molecular flexibility index (Phi) is 2.83. The summed E-state index contributed by atoms with van der Waals surface area (Å²) in [5.41, 5.74) is 0.809. The molecule has 4 nitrogen and oxygen atoms in total. The standard InChI is InChI=1S/C16H10FNO3/c1-9-10-5-2-3-6-11(10)15(19)18(9)13-8-4-7-12(17)14(13)16(20)21/h2-8H,1H2,(H,20,21). The summed E-state index contributed by atoms with van der Waals surface area (Å²) in [6, 6.07) is 10.6. The number of halogens is 1. The minimum Gasteiger partial charge on any atom is -0.478 e. The lowest BCUT2D eigenvalue weighted by Crippen LogP contribution is -2.24. The van der Waals surface area contributed by atoms with Crippen molar-refractivity contribution in [1.29, 1.82) is 0 Å². The molecule has 1 aliphatic heterocycles. The summed E-state index contributed by atoms with van der Waals surface area (Å²) >= 11 is 0. The highest BCUT2D eigenvalue weighted by Gasteiger charge is 2.34. The van der Waals surface area contributed by atoms with Crippen molar-refractivity contribution >= 4 is 23.3 Å². The van der Waals surface area contributed by atoms with E-state index in [4.69, 9.17) is 0 Å². The topological polar surface area (TPSA) is 57.6 Å². The van der Waals surface area contributed by atoms with Gasteiger partial charge in [-0.3, -0.25) is 9.69 Å². The molecule has 0 atom stereocenters. The van der Waals surface area contributed by atoms with Crippen LogP contribution in [0.4, 0.5) is 10.1 Å². The van der Waals surface area contributed by atoms with E-state index in [-0.39, 0.29) is 5.69 Å². The van der Waals surface area contributed by atoms with Crippen LogP contribution in [-0.2, 0) is 0 Å². The molecule has 0 aromatic heterocycles. The number of anilines is 1. The molecule has 0 saturated heterocycles. The Morgan fingerprint density at radius 1 is 1.10 bits per heavy atom. The average Bonchev–Trinajstić information content (AvgIpc) is 2.71. The quantitative estimate of drug-likeness (QED) is 0.921. The number of carboxylic acid groups (broad SMARTS) is 1. The SMILES string of the molecule is C=C1c2ccccc2C(=O)N1c1cccc(F)c1C(=O)O. The van der Waals surface area contributed by atoms with Crippen LogP contribution in [0.2, 0.25) is 0 Å². The fourth-order valence-corrected chi connectivity index (χ4v) is 2.45. The fraction of sp³-hybridized carbons (Fsp3) is 0. The third-order valence-corrected chi connectivity index (χ3v) is 3.39. The number of hydrogen-bond acceptors (Lipinski definition) is 2. The zero-order valence-corrected chi connectivity index (χ0v) is 10.8. The lowest BCUT2D eigenvalue weighted by atomic mass is 10.1. The van der Waals surface area contributed by atoms with Gasteiger partial charge < -0.3 is 5.11 Å². The molecule has 21 heavy (non-hydrogen) atoms. The van der Waals surface area contributed by atoms with Crippen molar-refractivity contribution in [2.75, 3.05) is 4.90 Å². The van der Waals surface area contributed by atoms with Gasteiger partial charge in [0.1, 0.15) is 11.4 Å². The van der Waals surface area contributed by atoms with Crippen LogP contribution in [0.25, 0.3) is 5.70 Å². The van der Waals surface area contributed by atoms with Gasteiger partial charge >= 0.3 is 5.97 Å². The molecule has 1 aliphatic rings. The summed E-state index contributed by atoms with van der Waals surface area (Å²) in [6.07, 6.45) is 0. The maximum absolute atomic E-state index is 13.8. The Morgan fingerprint density at radius 3 is 2.38 bits per heavy atom. The van der Waals surface area contributed by atoms with Crippen molar-refractivity contribution < 1.29 is 19.1 Å². The fourth-order valence-electron chi connectivity index (χ4n) is 2.45. The Labute approximate surface area is 119 Å². The Hall–Kier alpha value is -2.95. The summed E-state index contributed by atoms with van der Waals surface area (Å²) < 4.78 is 13.8. The molecule has 104 valence electrons. The number of rotatable bonds is 2. The number of amides is 1. The van der Waals surface area contributed by atoms with Crippen LogP contribution in [0.3, 0.4) is 0 Å². The summed E-state index contributed by atoms with van der Waals surface area (Å²) in [7, 11) is 0. The number of nitrogens with zero attached hydrogens (tertiary/aromatic N) is 1. The normalized spacial score (nSPS) is 13.5. The minimum atomic E-state index is -1.43. The summed E-state index contributed by atoms with van der Waals surface area (Å²) in [4.78, 5) is 24.9. The van der Waals surface area contributed by atoms with Crippen LogP contribution in [-0.4, -0.2) is 17.0 Å². The van der Waals surface area contributed by atoms with E-state index in [1.807, 2.05) is 0 Å². The second-order valence-corrected chi connectivity index (χ2v) is 4.57. The number of benzene rings is 2. The van der Waals surface area contributed by atoms with E-state index in [1.54, 1.807) is 24.3 Å². The van der Waals surface area contributed by atoms with Gasteiger partial charge in [-0.05, 0) is 18.2 Å². The molecule has 1 heterocycles. The molecule has 0 fully saturated rings. The van der Waals surface area contributed by atoms with Crippen molar-refractivity contribution in [3.8, 4) is 0 Å². The van der Waals surface area contributed by atoms with Gasteiger partial charge in [-0.15, -0.1) is 0 Å². The number of carbonyl (C=O) groups excluding carboxylic acids is 1. The van der Waals surface area contributed by atoms with Gasteiger partial charge in [0.05, 0.1) is 11.4 Å². The number of aromatic carboxylic acids is 1. The molecule has 5 heteroatoms. The molecule has 0 radical (unpaired) electrons. The van der Waals surface area contributed by atoms with Gasteiger partial charge in [-0.1, -0.05) is 30.8 Å². The van der Waals surface area contributed by atoms with Gasteiger partial charge in [-0.25, -0.2) is 9.18 Å². The maximum Gasteiger partial charge on any atom is 0.340 e. The van der Waals surface area contributed by atoms with Crippen molar-refractivity contribution in [3.63, 3.8) is 0 Å². The molecule has 0 saturated carbocycles. The molecule has 0 unspecified atom stereocenters. The van der Waals surface area contributed by atoms with E-state index in [0.717, 1.165) is 11.0 Å². The number of carboxylic acids is 1. The van der Waals surface area contributed by atoms with Crippen molar-refractivity contribution in [3.05, 3.63) is 71.6 Å². The third kappa shape index (κ3) is 1.82. The van der Waals surface area contributed by atoms with E-state index >= 15 is 0 Å². The van der Waals surface area contributed by atoms with E-state index in [0.29, 0.717) is 16.8 Å². The first-order chi connectivity index (χ1) is 10.0. The van der Waals surface area contributed by atoms with E-state index in [1.165, 1.54) is 12.1 Å². The second kappa shape index (κ2) is 4.56. The van der Waals surface area contributed by atoms with Gasteiger partial charge in [0.15, 0.2) is 0 Å². The maximum atomic E-state index is 13.8. The predicted octanol–water partition coefficient (Wildman–Crippen LogP) is 3.16. The molecule has 2 aromatic carbocycles. The smallest absolute Gasteiger partial charge is 0.340 e. The number of hydrogen-bond donors (Lipinski definition) is 1. The third-order valence-electron chi connectivity index (χ3n) is 3.39. The number of fused-ring (bicyclic) bond motifs is 1. The van der Waals surface area contributed by atoms with Gasteiger partial charge in [0.2, 0.25) is 0 Å². The molecule has 2 aromatic rings. The highest BCUT2D eigenvalue weighted by Crippen LogP contribution is 2.37. The molecular weight excluding hydrogens is 273 g/mol. The average molecular weight is 283 g/mol. The molecule has 1 N–H and O–H groups in total. The Balaban J connectivity index is 2.21. The largest absolute Gasteiger partial charge is 0.478 e. The monoisotopic (exact) mass is 283 g/mol. The highest BCUT2D eigenvalue weighted by molar-refractivity contribution is 6.23. The van der Waals surface area contributed by atoms with E-state index in [2.05, 4.69) is 6.58 Å². The van der Waals surface area contributed by atoms with Crippen LogP contribution in [0, 0.1) is 5.82 Å². The molecule has 0 bridgehead atoms. The first-order valence-electron chi connectivity index (χ1n) is 6.17. The van der Waals surface area contributed by atoms with Crippen LogP contribution >= 0.6 is 0 Å². The minimum absolute atomic E-state index is 0.0197. The Bertz CT molecular complexity index is 763. The van der Waals surface area contributed by atoms with Crippen LogP contribution in [0.1, 0.15) is 26.3 Å². The highest BCUT2D eigenvalue weighted by atomic mass is 19.1. The zero-order valence-electron chi connectivity index (χ0n) is 10.8. The molecular formula is C16H10FNO3. The van der Waals surface area contributed by atoms with Gasteiger partial charge in [0, 0.05) is 11.1 Å². The zero-order chi connectivity index (χ0) is 15.1. The summed E-state index contributed by atoms with van der Waals surface area (Å²) in [5, 5.41) is 9.19. The number of carbonyl (C=O) groups is 2. The summed E-state index contributed by atoms with van der Waals surface area (Å²) in [6.45, 7) is 3.82. The lowest BCUT2D eigenvalue weighted by Gasteiger charge is -2.19. The van der Waals surface area contributed by atoms with E-state index < -0.39 is 23.3 Å². The van der Waals surface area contributed by atoms with Crippen LogP contribution in [0.15, 0.2) is 49.0 Å². The lowest BCUT2D eigenvalue weighted by molar-refractivity contribution is 0.0693. The van der Waals surface area contributed by atoms with Crippen molar-refractivity contribution in [2.24, 2.45) is 0 Å².